The summed E-state index contributed by atoms with van der Waals surface area (Å²) in [7, 11) is 0. The number of thiophene rings is 1. The van der Waals surface area contributed by atoms with Gasteiger partial charge in [0.1, 0.15) is 23.1 Å². The van der Waals surface area contributed by atoms with Gasteiger partial charge in [-0.1, -0.05) is 11.3 Å². The van der Waals surface area contributed by atoms with Crippen molar-refractivity contribution in [1.82, 2.24) is 15.5 Å². The number of carbonyl (C=O) groups is 1. The average Bonchev–Trinajstić information content (AvgIpc) is 3.02. The fourth-order valence-corrected chi connectivity index (χ4v) is 2.99. The van der Waals surface area contributed by atoms with Crippen LogP contribution in [0.1, 0.15) is 14.7 Å². The summed E-state index contributed by atoms with van der Waals surface area (Å²) in [5, 5.41) is 13.1. The summed E-state index contributed by atoms with van der Waals surface area (Å²) < 4.78 is 10.8. The van der Waals surface area contributed by atoms with Crippen LogP contribution in [0, 0.1) is 0 Å². The van der Waals surface area contributed by atoms with E-state index in [1.807, 2.05) is 0 Å². The van der Waals surface area contributed by atoms with Gasteiger partial charge in [-0.25, -0.2) is 0 Å². The Balaban J connectivity index is 1.69. The number of rotatable bonds is 3. The molecular formula is C10H10N4O3S2. The molecule has 7 nitrogen and oxygen atoms in total. The van der Waals surface area contributed by atoms with E-state index in [2.05, 4.69) is 15.5 Å². The molecule has 9 heteroatoms. The number of nitrogens with one attached hydrogen (secondary N) is 1. The zero-order valence-corrected chi connectivity index (χ0v) is 11.3. The van der Waals surface area contributed by atoms with Crippen molar-refractivity contribution < 1.29 is 14.3 Å². The third-order valence-corrected chi connectivity index (χ3v) is 4.08. The summed E-state index contributed by atoms with van der Waals surface area (Å²) in [4.78, 5) is 12.6. The third-order valence-electron chi connectivity index (χ3n) is 2.39. The lowest BCUT2D eigenvalue weighted by molar-refractivity contribution is 0.0945. The molecule has 2 aromatic heterocycles. The van der Waals surface area contributed by atoms with E-state index in [9.17, 15) is 4.79 Å². The van der Waals surface area contributed by atoms with Crippen molar-refractivity contribution in [3.8, 4) is 11.5 Å². The lowest BCUT2D eigenvalue weighted by Crippen LogP contribution is -2.23. The maximum absolute atomic E-state index is 12.0. The molecule has 0 atom stereocenters. The normalized spacial score (nSPS) is 13.3. The first-order valence-electron chi connectivity index (χ1n) is 5.47. The second-order valence-electron chi connectivity index (χ2n) is 3.67. The fraction of sp³-hybridized carbons (Fsp3) is 0.300. The first-order chi connectivity index (χ1) is 9.24. The van der Waals surface area contributed by atoms with Crippen LogP contribution in [-0.2, 0) is 6.54 Å². The van der Waals surface area contributed by atoms with Crippen molar-refractivity contribution in [1.29, 1.82) is 0 Å². The van der Waals surface area contributed by atoms with Gasteiger partial charge >= 0.3 is 0 Å². The number of nitrogens with zero attached hydrogens (tertiary/aromatic N) is 2. The number of fused-ring (bicyclic) bond motifs is 1. The average molecular weight is 298 g/mol. The number of nitrogen functional groups attached to an aromatic ring is 1. The summed E-state index contributed by atoms with van der Waals surface area (Å²) in [6.45, 7) is 1.26. The van der Waals surface area contributed by atoms with Crippen LogP contribution < -0.4 is 20.5 Å². The molecule has 0 aromatic carbocycles. The molecular weight excluding hydrogens is 288 g/mol. The second kappa shape index (κ2) is 5.02. The van der Waals surface area contributed by atoms with Crippen LogP contribution in [0.4, 0.5) is 5.13 Å². The van der Waals surface area contributed by atoms with Crippen LogP contribution in [0.25, 0.3) is 0 Å². The Hall–Kier alpha value is -1.87. The first-order valence-corrected chi connectivity index (χ1v) is 7.17. The Bertz CT molecular complexity index is 610. The lowest BCUT2D eigenvalue weighted by Gasteiger charge is -2.15. The van der Waals surface area contributed by atoms with Gasteiger partial charge in [0.05, 0.1) is 6.54 Å². The van der Waals surface area contributed by atoms with E-state index >= 15 is 0 Å². The fourth-order valence-electron chi connectivity index (χ4n) is 1.59. The number of hydrogen-bond donors (Lipinski definition) is 2. The van der Waals surface area contributed by atoms with Gasteiger partial charge in [-0.3, -0.25) is 4.79 Å². The Labute approximate surface area is 116 Å². The number of carbonyl (C=O) groups excluding carboxylic acids is 1. The first kappa shape index (κ1) is 12.2. The zero-order valence-electron chi connectivity index (χ0n) is 9.71. The smallest absolute Gasteiger partial charge is 0.265 e. The monoisotopic (exact) mass is 298 g/mol. The molecule has 0 bridgehead atoms. The van der Waals surface area contributed by atoms with E-state index < -0.39 is 0 Å². The Kier molecular flexibility index (Phi) is 3.22. The summed E-state index contributed by atoms with van der Waals surface area (Å²) in [6.07, 6.45) is 0. The number of nitrogens with two attached hydrogens (primary N) is 1. The van der Waals surface area contributed by atoms with Crippen LogP contribution in [0.3, 0.4) is 0 Å². The molecule has 19 heavy (non-hydrogen) atoms. The van der Waals surface area contributed by atoms with Crippen molar-refractivity contribution in [2.45, 2.75) is 6.54 Å². The highest BCUT2D eigenvalue weighted by Crippen LogP contribution is 2.39. The predicted octanol–water partition coefficient (Wildman–Crippen LogP) is 0.883. The number of ether oxygens (including phenoxy) is 2. The number of hydrogen-bond acceptors (Lipinski definition) is 8. The molecule has 3 rings (SSSR count). The SMILES string of the molecule is Nc1nnc(CNC(=O)c2scc3c2OCCO3)s1. The number of aromatic nitrogens is 2. The standard InChI is InChI=1S/C10H10N4O3S2/c11-10-14-13-6(19-10)3-12-9(15)8-7-5(4-18-8)16-1-2-17-7/h4H,1-3H2,(H2,11,14)(H,12,15). The van der Waals surface area contributed by atoms with Crippen molar-refractivity contribution in [3.63, 3.8) is 0 Å². The van der Waals surface area contributed by atoms with E-state index in [0.29, 0.717) is 46.3 Å². The van der Waals surface area contributed by atoms with Crippen LogP contribution in [-0.4, -0.2) is 29.3 Å². The van der Waals surface area contributed by atoms with Gasteiger partial charge in [-0.2, -0.15) is 0 Å². The molecule has 0 saturated carbocycles. The molecule has 0 radical (unpaired) electrons. The molecule has 2 aromatic rings. The minimum Gasteiger partial charge on any atom is -0.485 e. The molecule has 3 heterocycles. The van der Waals surface area contributed by atoms with Gasteiger partial charge in [0, 0.05) is 5.38 Å². The maximum Gasteiger partial charge on any atom is 0.265 e. The second-order valence-corrected chi connectivity index (χ2v) is 5.65. The van der Waals surface area contributed by atoms with Crippen molar-refractivity contribution in [2.24, 2.45) is 0 Å². The quantitative estimate of drug-likeness (QED) is 0.872. The Morgan fingerprint density at radius 1 is 1.42 bits per heavy atom. The van der Waals surface area contributed by atoms with Gasteiger partial charge in [-0.15, -0.1) is 21.5 Å². The van der Waals surface area contributed by atoms with E-state index in [-0.39, 0.29) is 5.91 Å². The molecule has 0 fully saturated rings. The molecule has 0 saturated heterocycles. The lowest BCUT2D eigenvalue weighted by atomic mass is 10.3. The van der Waals surface area contributed by atoms with Crippen LogP contribution in [0.15, 0.2) is 5.38 Å². The predicted molar refractivity (Wildman–Crippen MR) is 70.8 cm³/mol. The largest absolute Gasteiger partial charge is 0.485 e. The molecule has 1 aliphatic heterocycles. The number of anilines is 1. The van der Waals surface area contributed by atoms with Crippen LogP contribution in [0.5, 0.6) is 11.5 Å². The highest BCUT2D eigenvalue weighted by molar-refractivity contribution is 7.15. The van der Waals surface area contributed by atoms with Crippen LogP contribution >= 0.6 is 22.7 Å². The van der Waals surface area contributed by atoms with Gasteiger partial charge in [0.15, 0.2) is 11.5 Å². The molecule has 100 valence electrons. The van der Waals surface area contributed by atoms with Crippen molar-refractivity contribution in [2.75, 3.05) is 18.9 Å². The summed E-state index contributed by atoms with van der Waals surface area (Å²) in [6, 6.07) is 0. The molecule has 1 amide bonds. The van der Waals surface area contributed by atoms with Crippen molar-refractivity contribution >= 4 is 33.7 Å². The molecule has 0 unspecified atom stereocenters. The number of amides is 1. The Morgan fingerprint density at radius 3 is 3.05 bits per heavy atom. The van der Waals surface area contributed by atoms with E-state index in [1.165, 1.54) is 22.7 Å². The highest BCUT2D eigenvalue weighted by Gasteiger charge is 2.23. The van der Waals surface area contributed by atoms with E-state index in [4.69, 9.17) is 15.2 Å². The molecule has 3 N–H and O–H groups in total. The topological polar surface area (TPSA) is 99.4 Å². The third kappa shape index (κ3) is 2.47. The van der Waals surface area contributed by atoms with E-state index in [1.54, 1.807) is 5.38 Å². The summed E-state index contributed by atoms with van der Waals surface area (Å²) in [5.41, 5.74) is 5.47. The van der Waals surface area contributed by atoms with E-state index in [0.717, 1.165) is 0 Å². The van der Waals surface area contributed by atoms with Crippen LogP contribution in [0.2, 0.25) is 0 Å². The summed E-state index contributed by atoms with van der Waals surface area (Å²) in [5.74, 6) is 0.928. The minimum atomic E-state index is -0.217. The molecule has 1 aliphatic rings. The Morgan fingerprint density at radius 2 is 2.26 bits per heavy atom. The highest BCUT2D eigenvalue weighted by atomic mass is 32.1. The maximum atomic E-state index is 12.0. The summed E-state index contributed by atoms with van der Waals surface area (Å²) >= 11 is 2.54. The zero-order chi connectivity index (χ0) is 13.2. The molecule has 0 spiro atoms. The van der Waals surface area contributed by atoms with Crippen molar-refractivity contribution in [3.05, 3.63) is 15.3 Å². The van der Waals surface area contributed by atoms with Gasteiger partial charge in [0.25, 0.3) is 5.91 Å². The van der Waals surface area contributed by atoms with Gasteiger partial charge < -0.3 is 20.5 Å². The molecule has 0 aliphatic carbocycles. The van der Waals surface area contributed by atoms with Gasteiger partial charge in [-0.05, 0) is 0 Å². The minimum absolute atomic E-state index is 0.217. The van der Waals surface area contributed by atoms with Gasteiger partial charge in [0.2, 0.25) is 5.13 Å².